The van der Waals surface area contributed by atoms with E-state index in [9.17, 15) is 4.79 Å². The lowest BCUT2D eigenvalue weighted by molar-refractivity contribution is -0.122. The van der Waals surface area contributed by atoms with Crippen molar-refractivity contribution in [3.8, 4) is 0 Å². The Labute approximate surface area is 80.3 Å². The lowest BCUT2D eigenvalue weighted by atomic mass is 10.3. The molecule has 0 bridgehead atoms. The van der Waals surface area contributed by atoms with Gasteiger partial charge >= 0.3 is 0 Å². The maximum absolute atomic E-state index is 11.3. The van der Waals surface area contributed by atoms with Crippen LogP contribution in [-0.4, -0.2) is 31.6 Å². The SMILES string of the molecule is CCCCNC(=O)C(C)NCCN. The van der Waals surface area contributed by atoms with Crippen LogP contribution in [0.25, 0.3) is 0 Å². The molecule has 0 aliphatic heterocycles. The molecule has 0 saturated heterocycles. The molecule has 0 saturated carbocycles. The molecule has 78 valence electrons. The van der Waals surface area contributed by atoms with Crippen molar-refractivity contribution in [1.29, 1.82) is 0 Å². The predicted molar refractivity (Wildman–Crippen MR) is 54.4 cm³/mol. The number of nitrogens with two attached hydrogens (primary N) is 1. The van der Waals surface area contributed by atoms with Crippen LogP contribution in [0.5, 0.6) is 0 Å². The molecule has 1 unspecified atom stereocenters. The van der Waals surface area contributed by atoms with Crippen molar-refractivity contribution in [1.82, 2.24) is 10.6 Å². The van der Waals surface area contributed by atoms with Gasteiger partial charge in [0, 0.05) is 19.6 Å². The Bertz CT molecular complexity index is 139. The maximum atomic E-state index is 11.3. The van der Waals surface area contributed by atoms with Gasteiger partial charge in [0.25, 0.3) is 0 Å². The lowest BCUT2D eigenvalue weighted by Gasteiger charge is -2.12. The smallest absolute Gasteiger partial charge is 0.236 e. The largest absolute Gasteiger partial charge is 0.355 e. The molecular formula is C9H21N3O. The fraction of sp³-hybridized carbons (Fsp3) is 0.889. The van der Waals surface area contributed by atoms with Gasteiger partial charge in [-0.1, -0.05) is 13.3 Å². The van der Waals surface area contributed by atoms with Crippen molar-refractivity contribution in [2.24, 2.45) is 5.73 Å². The van der Waals surface area contributed by atoms with E-state index >= 15 is 0 Å². The average Bonchev–Trinajstić information content (AvgIpc) is 2.14. The molecule has 0 heterocycles. The van der Waals surface area contributed by atoms with E-state index in [1.807, 2.05) is 6.92 Å². The van der Waals surface area contributed by atoms with Gasteiger partial charge in [0.05, 0.1) is 6.04 Å². The summed E-state index contributed by atoms with van der Waals surface area (Å²) in [7, 11) is 0. The Morgan fingerprint density at radius 3 is 2.69 bits per heavy atom. The second-order valence-electron chi connectivity index (χ2n) is 3.11. The Morgan fingerprint density at radius 2 is 2.15 bits per heavy atom. The molecule has 0 radical (unpaired) electrons. The number of amides is 1. The van der Waals surface area contributed by atoms with Gasteiger partial charge in [-0.25, -0.2) is 0 Å². The normalized spacial score (nSPS) is 12.5. The second kappa shape index (κ2) is 8.01. The summed E-state index contributed by atoms with van der Waals surface area (Å²) in [6, 6.07) is -0.139. The topological polar surface area (TPSA) is 67.2 Å². The van der Waals surface area contributed by atoms with Crippen molar-refractivity contribution < 1.29 is 4.79 Å². The van der Waals surface area contributed by atoms with E-state index in [1.54, 1.807) is 0 Å². The first-order chi connectivity index (χ1) is 6.22. The highest BCUT2D eigenvalue weighted by atomic mass is 16.2. The maximum Gasteiger partial charge on any atom is 0.236 e. The summed E-state index contributed by atoms with van der Waals surface area (Å²) in [4.78, 5) is 11.3. The van der Waals surface area contributed by atoms with Crippen LogP contribution in [0.3, 0.4) is 0 Å². The number of nitrogens with one attached hydrogen (secondary N) is 2. The first-order valence-electron chi connectivity index (χ1n) is 4.93. The van der Waals surface area contributed by atoms with Crippen LogP contribution in [0, 0.1) is 0 Å². The van der Waals surface area contributed by atoms with Crippen LogP contribution < -0.4 is 16.4 Å². The van der Waals surface area contributed by atoms with Gasteiger partial charge in [0.15, 0.2) is 0 Å². The van der Waals surface area contributed by atoms with Crippen molar-refractivity contribution in [3.63, 3.8) is 0 Å². The van der Waals surface area contributed by atoms with Crippen LogP contribution >= 0.6 is 0 Å². The van der Waals surface area contributed by atoms with E-state index < -0.39 is 0 Å². The molecule has 0 aromatic heterocycles. The predicted octanol–water partition coefficient (Wildman–Crippen LogP) is -0.160. The molecule has 1 amide bonds. The summed E-state index contributed by atoms with van der Waals surface area (Å²) in [5.74, 6) is 0.0573. The summed E-state index contributed by atoms with van der Waals surface area (Å²) in [5, 5.41) is 5.87. The molecule has 0 aromatic carbocycles. The summed E-state index contributed by atoms with van der Waals surface area (Å²) < 4.78 is 0. The number of rotatable bonds is 7. The molecule has 4 nitrogen and oxygen atoms in total. The molecule has 4 heteroatoms. The molecule has 1 atom stereocenters. The third-order valence-electron chi connectivity index (χ3n) is 1.82. The number of unbranched alkanes of at least 4 members (excludes halogenated alkanes) is 1. The average molecular weight is 187 g/mol. The van der Waals surface area contributed by atoms with Crippen LogP contribution in [0.2, 0.25) is 0 Å². The zero-order valence-electron chi connectivity index (χ0n) is 8.60. The third kappa shape index (κ3) is 6.54. The minimum atomic E-state index is -0.139. The molecule has 0 rings (SSSR count). The lowest BCUT2D eigenvalue weighted by Crippen LogP contribution is -2.44. The fourth-order valence-corrected chi connectivity index (χ4v) is 0.934. The van der Waals surface area contributed by atoms with Crippen molar-refractivity contribution in [3.05, 3.63) is 0 Å². The monoisotopic (exact) mass is 187 g/mol. The van der Waals surface area contributed by atoms with E-state index in [-0.39, 0.29) is 11.9 Å². The third-order valence-corrected chi connectivity index (χ3v) is 1.82. The van der Waals surface area contributed by atoms with E-state index in [0.29, 0.717) is 13.1 Å². The van der Waals surface area contributed by atoms with Gasteiger partial charge in [-0.2, -0.15) is 0 Å². The van der Waals surface area contributed by atoms with Gasteiger partial charge < -0.3 is 16.4 Å². The van der Waals surface area contributed by atoms with Crippen LogP contribution in [0.1, 0.15) is 26.7 Å². The number of carbonyl (C=O) groups excluding carboxylic acids is 1. The number of hydrogen-bond donors (Lipinski definition) is 3. The standard InChI is InChI=1S/C9H21N3O/c1-3-4-6-12-9(13)8(2)11-7-5-10/h8,11H,3-7,10H2,1-2H3,(H,12,13). The van der Waals surface area contributed by atoms with E-state index in [2.05, 4.69) is 17.6 Å². The highest BCUT2D eigenvalue weighted by Gasteiger charge is 2.09. The van der Waals surface area contributed by atoms with Gasteiger partial charge in [-0.15, -0.1) is 0 Å². The first-order valence-corrected chi connectivity index (χ1v) is 4.93. The van der Waals surface area contributed by atoms with Crippen molar-refractivity contribution in [2.75, 3.05) is 19.6 Å². The number of hydrogen-bond acceptors (Lipinski definition) is 3. The second-order valence-corrected chi connectivity index (χ2v) is 3.11. The van der Waals surface area contributed by atoms with Gasteiger partial charge in [0.2, 0.25) is 5.91 Å². The van der Waals surface area contributed by atoms with Crippen molar-refractivity contribution >= 4 is 5.91 Å². The van der Waals surface area contributed by atoms with Crippen molar-refractivity contribution in [2.45, 2.75) is 32.7 Å². The Balaban J connectivity index is 3.45. The summed E-state index contributed by atoms with van der Waals surface area (Å²) in [6.45, 7) is 5.96. The highest BCUT2D eigenvalue weighted by molar-refractivity contribution is 5.81. The molecule has 0 aliphatic carbocycles. The van der Waals surface area contributed by atoms with E-state index in [1.165, 1.54) is 0 Å². The fourth-order valence-electron chi connectivity index (χ4n) is 0.934. The Kier molecular flexibility index (Phi) is 7.63. The van der Waals surface area contributed by atoms with E-state index in [0.717, 1.165) is 19.4 Å². The Morgan fingerprint density at radius 1 is 1.46 bits per heavy atom. The zero-order valence-corrected chi connectivity index (χ0v) is 8.60. The molecule has 0 fully saturated rings. The summed E-state index contributed by atoms with van der Waals surface area (Å²) in [5.41, 5.74) is 5.30. The highest BCUT2D eigenvalue weighted by Crippen LogP contribution is 1.85. The first kappa shape index (κ1) is 12.4. The van der Waals surface area contributed by atoms with Gasteiger partial charge in [-0.05, 0) is 13.3 Å². The number of carbonyl (C=O) groups is 1. The summed E-state index contributed by atoms with van der Waals surface area (Å²) in [6.07, 6.45) is 2.14. The van der Waals surface area contributed by atoms with Crippen LogP contribution in [-0.2, 0) is 4.79 Å². The van der Waals surface area contributed by atoms with Gasteiger partial charge in [-0.3, -0.25) is 4.79 Å². The van der Waals surface area contributed by atoms with Gasteiger partial charge in [0.1, 0.15) is 0 Å². The zero-order chi connectivity index (χ0) is 10.1. The molecule has 4 N–H and O–H groups in total. The van der Waals surface area contributed by atoms with E-state index in [4.69, 9.17) is 5.73 Å². The minimum absolute atomic E-state index is 0.0573. The minimum Gasteiger partial charge on any atom is -0.355 e. The quantitative estimate of drug-likeness (QED) is 0.485. The molecule has 0 aromatic rings. The van der Waals surface area contributed by atoms with Crippen LogP contribution in [0.15, 0.2) is 0 Å². The molecule has 0 spiro atoms. The van der Waals surface area contributed by atoms with Crippen LogP contribution in [0.4, 0.5) is 0 Å². The summed E-state index contributed by atoms with van der Waals surface area (Å²) >= 11 is 0. The Hall–Kier alpha value is -0.610. The molecule has 13 heavy (non-hydrogen) atoms. The molecule has 0 aliphatic rings. The molecular weight excluding hydrogens is 166 g/mol.